The molecule has 3 heterocycles. The Bertz CT molecular complexity index is 858. The minimum Gasteiger partial charge on any atom is -0.265 e. The zero-order valence-corrected chi connectivity index (χ0v) is 13.8. The van der Waals surface area contributed by atoms with Gasteiger partial charge < -0.3 is 0 Å². The van der Waals surface area contributed by atoms with Crippen molar-refractivity contribution < 1.29 is 0 Å². The number of aromatic nitrogens is 6. The van der Waals surface area contributed by atoms with Crippen LogP contribution in [0.5, 0.6) is 0 Å². The standard InChI is InChI=1S/C15H20N6OS/c22-14-12-13(18-20-17-12)16-15-21(14)19-11(23-15)9-8-10-6-4-2-1-3-5-7-10/h10H,1-9H2,(H,17,18,20). The van der Waals surface area contributed by atoms with Gasteiger partial charge >= 0.3 is 5.56 Å². The lowest BCUT2D eigenvalue weighted by molar-refractivity contribution is 0.358. The summed E-state index contributed by atoms with van der Waals surface area (Å²) in [5, 5.41) is 15.6. The summed E-state index contributed by atoms with van der Waals surface area (Å²) in [5.41, 5.74) is 0.372. The average Bonchev–Trinajstić information content (AvgIpc) is 3.13. The van der Waals surface area contributed by atoms with Crippen LogP contribution in [0.15, 0.2) is 4.79 Å². The monoisotopic (exact) mass is 332 g/mol. The van der Waals surface area contributed by atoms with Crippen LogP contribution in [-0.2, 0) is 6.42 Å². The number of aromatic amines is 1. The molecule has 0 aromatic carbocycles. The van der Waals surface area contributed by atoms with Gasteiger partial charge in [0, 0.05) is 6.42 Å². The maximum Gasteiger partial charge on any atom is 0.305 e. The van der Waals surface area contributed by atoms with Crippen molar-refractivity contribution in [2.24, 2.45) is 5.92 Å². The van der Waals surface area contributed by atoms with Crippen molar-refractivity contribution in [1.29, 1.82) is 0 Å². The number of hydrogen-bond acceptors (Lipinski definition) is 6. The normalized spacial score (nSPS) is 17.6. The van der Waals surface area contributed by atoms with Gasteiger partial charge in [0.15, 0.2) is 5.52 Å². The molecule has 0 unspecified atom stereocenters. The molecule has 3 aromatic heterocycles. The van der Waals surface area contributed by atoms with Gasteiger partial charge in [-0.05, 0) is 12.3 Å². The Morgan fingerprint density at radius 3 is 2.74 bits per heavy atom. The molecule has 3 aromatic rings. The molecule has 1 aliphatic rings. The third-order valence-electron chi connectivity index (χ3n) is 4.72. The first-order chi connectivity index (χ1) is 11.3. The van der Waals surface area contributed by atoms with Crippen molar-refractivity contribution in [1.82, 2.24) is 30.0 Å². The largest absolute Gasteiger partial charge is 0.305 e. The van der Waals surface area contributed by atoms with Gasteiger partial charge in [0.1, 0.15) is 5.01 Å². The molecule has 0 aliphatic heterocycles. The van der Waals surface area contributed by atoms with Crippen molar-refractivity contribution in [3.8, 4) is 0 Å². The number of H-pyrrole nitrogens is 1. The number of aryl methyl sites for hydroxylation is 1. The first kappa shape index (κ1) is 14.7. The second-order valence-electron chi connectivity index (χ2n) is 6.35. The fraction of sp³-hybridized carbons (Fsp3) is 0.667. The minimum absolute atomic E-state index is 0.243. The molecule has 0 spiro atoms. The highest BCUT2D eigenvalue weighted by Crippen LogP contribution is 2.26. The van der Waals surface area contributed by atoms with Crippen LogP contribution in [0.2, 0.25) is 0 Å². The van der Waals surface area contributed by atoms with Crippen molar-refractivity contribution >= 4 is 27.5 Å². The van der Waals surface area contributed by atoms with Crippen LogP contribution in [0, 0.1) is 5.92 Å². The van der Waals surface area contributed by atoms with E-state index in [2.05, 4.69) is 25.5 Å². The second-order valence-corrected chi connectivity index (χ2v) is 7.39. The summed E-state index contributed by atoms with van der Waals surface area (Å²) < 4.78 is 1.36. The van der Waals surface area contributed by atoms with Gasteiger partial charge in [0.05, 0.1) is 0 Å². The van der Waals surface area contributed by atoms with Crippen molar-refractivity contribution in [3.05, 3.63) is 15.4 Å². The molecule has 7 nitrogen and oxygen atoms in total. The van der Waals surface area contributed by atoms with Gasteiger partial charge in [0.25, 0.3) is 0 Å². The quantitative estimate of drug-likeness (QED) is 0.796. The Morgan fingerprint density at radius 2 is 1.91 bits per heavy atom. The van der Waals surface area contributed by atoms with E-state index in [1.807, 2.05) is 0 Å². The summed E-state index contributed by atoms with van der Waals surface area (Å²) in [6.07, 6.45) is 11.6. The molecule has 4 rings (SSSR count). The van der Waals surface area contributed by atoms with Crippen LogP contribution in [0.1, 0.15) is 56.4 Å². The summed E-state index contributed by atoms with van der Waals surface area (Å²) in [6.45, 7) is 0. The highest BCUT2D eigenvalue weighted by atomic mass is 32.1. The summed E-state index contributed by atoms with van der Waals surface area (Å²) in [4.78, 5) is 17.3. The molecule has 23 heavy (non-hydrogen) atoms. The van der Waals surface area contributed by atoms with Crippen LogP contribution in [0.4, 0.5) is 0 Å². The smallest absolute Gasteiger partial charge is 0.265 e. The highest BCUT2D eigenvalue weighted by molar-refractivity contribution is 7.16. The Kier molecular flexibility index (Phi) is 4.07. The molecular formula is C15H20N6OS. The van der Waals surface area contributed by atoms with Gasteiger partial charge in [-0.3, -0.25) is 4.79 Å². The van der Waals surface area contributed by atoms with Crippen LogP contribution in [-0.4, -0.2) is 30.0 Å². The molecule has 122 valence electrons. The van der Waals surface area contributed by atoms with Gasteiger partial charge in [-0.1, -0.05) is 56.3 Å². The summed E-state index contributed by atoms with van der Waals surface area (Å²) in [7, 11) is 0. The molecule has 1 aliphatic carbocycles. The molecule has 0 bridgehead atoms. The molecular weight excluding hydrogens is 312 g/mol. The summed E-state index contributed by atoms with van der Waals surface area (Å²) in [5.74, 6) is 0.797. The fourth-order valence-electron chi connectivity index (χ4n) is 3.42. The molecule has 1 fully saturated rings. The maximum atomic E-state index is 12.3. The number of fused-ring (bicyclic) bond motifs is 2. The number of rotatable bonds is 3. The van der Waals surface area contributed by atoms with E-state index >= 15 is 0 Å². The SMILES string of the molecule is O=c1c2n[nH]nc2nc2sc(CCC3CCCCCCC3)nn12. The molecule has 1 N–H and O–H groups in total. The molecule has 0 atom stereocenters. The fourth-order valence-corrected chi connectivity index (χ4v) is 4.32. The van der Waals surface area contributed by atoms with Gasteiger partial charge in [0.2, 0.25) is 10.6 Å². The lowest BCUT2D eigenvalue weighted by Gasteiger charge is -2.18. The third kappa shape index (κ3) is 2.99. The predicted octanol–water partition coefficient (Wildman–Crippen LogP) is 2.72. The van der Waals surface area contributed by atoms with E-state index < -0.39 is 0 Å². The number of nitrogens with one attached hydrogen (secondary N) is 1. The predicted molar refractivity (Wildman–Crippen MR) is 88.7 cm³/mol. The van der Waals surface area contributed by atoms with Gasteiger partial charge in [-0.2, -0.15) is 19.8 Å². The summed E-state index contributed by atoms with van der Waals surface area (Å²) in [6, 6.07) is 0. The van der Waals surface area contributed by atoms with Gasteiger partial charge in [-0.25, -0.2) is 0 Å². The van der Waals surface area contributed by atoms with E-state index in [9.17, 15) is 4.79 Å². The Labute approximate surface area is 137 Å². The molecule has 0 saturated heterocycles. The van der Waals surface area contributed by atoms with Crippen LogP contribution >= 0.6 is 11.3 Å². The van der Waals surface area contributed by atoms with Crippen LogP contribution in [0.3, 0.4) is 0 Å². The van der Waals surface area contributed by atoms with E-state index in [1.54, 1.807) is 0 Å². The zero-order chi connectivity index (χ0) is 15.6. The van der Waals surface area contributed by atoms with E-state index in [-0.39, 0.29) is 11.1 Å². The van der Waals surface area contributed by atoms with E-state index in [0.29, 0.717) is 10.6 Å². The lowest BCUT2D eigenvalue weighted by Crippen LogP contribution is -2.15. The lowest BCUT2D eigenvalue weighted by atomic mass is 9.88. The Hall–Kier alpha value is -1.83. The topological polar surface area (TPSA) is 88.8 Å². The molecule has 0 amide bonds. The molecule has 1 saturated carbocycles. The Morgan fingerprint density at radius 1 is 1.13 bits per heavy atom. The zero-order valence-electron chi connectivity index (χ0n) is 13.0. The maximum absolute atomic E-state index is 12.3. The third-order valence-corrected chi connectivity index (χ3v) is 5.69. The molecule has 0 radical (unpaired) electrons. The van der Waals surface area contributed by atoms with Crippen molar-refractivity contribution in [2.75, 3.05) is 0 Å². The Balaban J connectivity index is 1.52. The average molecular weight is 332 g/mol. The number of nitrogens with zero attached hydrogens (tertiary/aromatic N) is 5. The van der Waals surface area contributed by atoms with Crippen LogP contribution < -0.4 is 5.56 Å². The summed E-state index contributed by atoms with van der Waals surface area (Å²) >= 11 is 1.49. The second kappa shape index (κ2) is 6.35. The van der Waals surface area contributed by atoms with E-state index in [4.69, 9.17) is 0 Å². The first-order valence-corrected chi connectivity index (χ1v) is 9.22. The molecule has 8 heteroatoms. The minimum atomic E-state index is -0.243. The van der Waals surface area contributed by atoms with Crippen LogP contribution in [0.25, 0.3) is 16.1 Å². The van der Waals surface area contributed by atoms with Crippen molar-refractivity contribution in [3.63, 3.8) is 0 Å². The number of hydrogen-bond donors (Lipinski definition) is 1. The van der Waals surface area contributed by atoms with E-state index in [1.165, 1.54) is 60.8 Å². The van der Waals surface area contributed by atoms with Gasteiger partial charge in [-0.15, -0.1) is 10.2 Å². The first-order valence-electron chi connectivity index (χ1n) is 8.40. The van der Waals surface area contributed by atoms with Crippen molar-refractivity contribution in [2.45, 2.75) is 57.8 Å². The van der Waals surface area contributed by atoms with E-state index in [0.717, 1.165) is 23.8 Å². The highest BCUT2D eigenvalue weighted by Gasteiger charge is 2.16.